The molecule has 0 bridgehead atoms. The molecule has 1 nitrogen and oxygen atoms in total. The van der Waals surface area contributed by atoms with Gasteiger partial charge in [-0.15, -0.1) is 0 Å². The molecule has 3 rings (SSSR count). The van der Waals surface area contributed by atoms with Crippen LogP contribution in [0.5, 0.6) is 0 Å². The Morgan fingerprint density at radius 1 is 1.00 bits per heavy atom. The predicted octanol–water partition coefficient (Wildman–Crippen LogP) is 4.43. The van der Waals surface area contributed by atoms with E-state index in [-0.39, 0.29) is 5.54 Å². The second-order valence-electron chi connectivity index (χ2n) is 6.62. The van der Waals surface area contributed by atoms with Crippen LogP contribution in [-0.4, -0.2) is 0 Å². The minimum atomic E-state index is -0.214. The Morgan fingerprint density at radius 2 is 1.81 bits per heavy atom. The second-order valence-corrected chi connectivity index (χ2v) is 6.62. The summed E-state index contributed by atoms with van der Waals surface area (Å²) in [5, 5.41) is 0. The van der Waals surface area contributed by atoms with E-state index in [1.807, 2.05) is 0 Å². The van der Waals surface area contributed by atoms with E-state index in [9.17, 15) is 0 Å². The van der Waals surface area contributed by atoms with Crippen LogP contribution in [0.3, 0.4) is 0 Å². The zero-order chi connectivity index (χ0) is 14.9. The molecular weight excluding hydrogens is 254 g/mol. The van der Waals surface area contributed by atoms with Gasteiger partial charge in [-0.25, -0.2) is 0 Å². The quantitative estimate of drug-likeness (QED) is 0.809. The highest BCUT2D eigenvalue weighted by Crippen LogP contribution is 2.35. The second kappa shape index (κ2) is 5.65. The molecule has 21 heavy (non-hydrogen) atoms. The van der Waals surface area contributed by atoms with Gasteiger partial charge < -0.3 is 5.73 Å². The van der Waals surface area contributed by atoms with E-state index < -0.39 is 0 Å². The molecule has 0 heterocycles. The molecule has 0 radical (unpaired) electrons. The molecule has 0 saturated heterocycles. The van der Waals surface area contributed by atoms with Crippen LogP contribution in [0.1, 0.15) is 47.1 Å². The van der Waals surface area contributed by atoms with Crippen molar-refractivity contribution in [2.24, 2.45) is 5.73 Å². The Morgan fingerprint density at radius 3 is 2.62 bits per heavy atom. The molecule has 1 aliphatic rings. The van der Waals surface area contributed by atoms with Crippen molar-refractivity contribution in [2.45, 2.75) is 51.5 Å². The molecular formula is C20H25N. The van der Waals surface area contributed by atoms with Gasteiger partial charge in [0, 0.05) is 5.54 Å². The summed E-state index contributed by atoms with van der Waals surface area (Å²) in [6, 6.07) is 15.5. The fourth-order valence-electron chi connectivity index (χ4n) is 3.58. The number of nitrogens with two attached hydrogens (primary N) is 1. The zero-order valence-electron chi connectivity index (χ0n) is 13.2. The minimum absolute atomic E-state index is 0.214. The van der Waals surface area contributed by atoms with Crippen LogP contribution in [0.25, 0.3) is 0 Å². The van der Waals surface area contributed by atoms with Crippen molar-refractivity contribution in [3.63, 3.8) is 0 Å². The van der Waals surface area contributed by atoms with E-state index in [1.54, 1.807) is 0 Å². The van der Waals surface area contributed by atoms with Gasteiger partial charge in [-0.1, -0.05) is 48.9 Å². The molecule has 2 aromatic rings. The lowest BCUT2D eigenvalue weighted by molar-refractivity contribution is 0.398. The summed E-state index contributed by atoms with van der Waals surface area (Å²) in [5.74, 6) is 0. The van der Waals surface area contributed by atoms with Crippen molar-refractivity contribution < 1.29 is 0 Å². The molecule has 2 aromatic carbocycles. The third kappa shape index (κ3) is 2.89. The molecule has 2 N–H and O–H groups in total. The third-order valence-electron chi connectivity index (χ3n) is 4.96. The Bertz CT molecular complexity index is 644. The highest BCUT2D eigenvalue weighted by Gasteiger charge is 2.31. The molecule has 0 amide bonds. The molecule has 1 atom stereocenters. The van der Waals surface area contributed by atoms with Crippen molar-refractivity contribution in [1.29, 1.82) is 0 Å². The Balaban J connectivity index is 1.97. The fourth-order valence-corrected chi connectivity index (χ4v) is 3.58. The van der Waals surface area contributed by atoms with E-state index in [4.69, 9.17) is 5.73 Å². The SMILES string of the molecule is Cc1ccc(CC2(N)CCCCc3ccccc32)cc1C. The summed E-state index contributed by atoms with van der Waals surface area (Å²) in [7, 11) is 0. The average molecular weight is 279 g/mol. The van der Waals surface area contributed by atoms with Gasteiger partial charge in [-0.2, -0.15) is 0 Å². The van der Waals surface area contributed by atoms with Crippen LogP contribution in [-0.2, 0) is 18.4 Å². The maximum Gasteiger partial charge on any atom is 0.0453 e. The average Bonchev–Trinajstić information content (AvgIpc) is 2.63. The molecule has 0 spiro atoms. The lowest BCUT2D eigenvalue weighted by Gasteiger charge is -2.31. The van der Waals surface area contributed by atoms with Crippen molar-refractivity contribution >= 4 is 0 Å². The first-order valence-corrected chi connectivity index (χ1v) is 8.02. The summed E-state index contributed by atoms with van der Waals surface area (Å²) in [5.41, 5.74) is 13.6. The van der Waals surface area contributed by atoms with Crippen LogP contribution < -0.4 is 5.73 Å². The van der Waals surface area contributed by atoms with E-state index in [2.05, 4.69) is 56.3 Å². The van der Waals surface area contributed by atoms with Gasteiger partial charge in [0.2, 0.25) is 0 Å². The van der Waals surface area contributed by atoms with Crippen molar-refractivity contribution in [3.8, 4) is 0 Å². The number of hydrogen-bond donors (Lipinski definition) is 1. The molecule has 0 fully saturated rings. The van der Waals surface area contributed by atoms with Gasteiger partial charge in [0.25, 0.3) is 0 Å². The Kier molecular flexibility index (Phi) is 3.86. The first kappa shape index (κ1) is 14.3. The number of benzene rings is 2. The van der Waals surface area contributed by atoms with Gasteiger partial charge in [-0.05, 0) is 67.3 Å². The van der Waals surface area contributed by atoms with Gasteiger partial charge in [0.1, 0.15) is 0 Å². The topological polar surface area (TPSA) is 26.0 Å². The van der Waals surface area contributed by atoms with Gasteiger partial charge in [0.05, 0.1) is 0 Å². The van der Waals surface area contributed by atoms with E-state index in [1.165, 1.54) is 47.1 Å². The monoisotopic (exact) mass is 279 g/mol. The maximum absolute atomic E-state index is 6.89. The predicted molar refractivity (Wildman–Crippen MR) is 89.5 cm³/mol. The normalized spacial score (nSPS) is 21.7. The van der Waals surface area contributed by atoms with Crippen molar-refractivity contribution in [2.75, 3.05) is 0 Å². The summed E-state index contributed by atoms with van der Waals surface area (Å²) >= 11 is 0. The molecule has 1 unspecified atom stereocenters. The summed E-state index contributed by atoms with van der Waals surface area (Å²) in [6.07, 6.45) is 5.66. The summed E-state index contributed by atoms with van der Waals surface area (Å²) in [4.78, 5) is 0. The van der Waals surface area contributed by atoms with Gasteiger partial charge in [-0.3, -0.25) is 0 Å². The first-order valence-electron chi connectivity index (χ1n) is 8.02. The fraction of sp³-hybridized carbons (Fsp3) is 0.400. The van der Waals surface area contributed by atoms with Crippen LogP contribution in [0, 0.1) is 13.8 Å². The minimum Gasteiger partial charge on any atom is -0.321 e. The smallest absolute Gasteiger partial charge is 0.0453 e. The van der Waals surface area contributed by atoms with E-state index in [0.717, 1.165) is 12.8 Å². The lowest BCUT2D eigenvalue weighted by atomic mass is 9.80. The van der Waals surface area contributed by atoms with Crippen LogP contribution in [0.2, 0.25) is 0 Å². The molecule has 1 heteroatoms. The Labute approximate surface area is 128 Å². The maximum atomic E-state index is 6.89. The van der Waals surface area contributed by atoms with E-state index in [0.29, 0.717) is 0 Å². The summed E-state index contributed by atoms with van der Waals surface area (Å²) in [6.45, 7) is 4.35. The van der Waals surface area contributed by atoms with Crippen LogP contribution in [0.4, 0.5) is 0 Å². The Hall–Kier alpha value is -1.60. The summed E-state index contributed by atoms with van der Waals surface area (Å²) < 4.78 is 0. The van der Waals surface area contributed by atoms with Crippen LogP contribution in [0.15, 0.2) is 42.5 Å². The van der Waals surface area contributed by atoms with Crippen molar-refractivity contribution in [3.05, 3.63) is 70.3 Å². The zero-order valence-corrected chi connectivity index (χ0v) is 13.2. The number of fused-ring (bicyclic) bond motifs is 1. The lowest BCUT2D eigenvalue weighted by Crippen LogP contribution is -2.39. The van der Waals surface area contributed by atoms with Crippen LogP contribution >= 0.6 is 0 Å². The molecule has 0 aromatic heterocycles. The third-order valence-corrected chi connectivity index (χ3v) is 4.96. The molecule has 0 saturated carbocycles. The number of hydrogen-bond acceptors (Lipinski definition) is 1. The van der Waals surface area contributed by atoms with Crippen molar-refractivity contribution in [1.82, 2.24) is 0 Å². The molecule has 1 aliphatic carbocycles. The standard InChI is InChI=1S/C20H25N/c1-15-10-11-17(13-16(15)2)14-20(21)12-6-5-8-18-7-3-4-9-19(18)20/h3-4,7,9-11,13H,5-6,8,12,14,21H2,1-2H3. The highest BCUT2D eigenvalue weighted by molar-refractivity contribution is 5.38. The number of rotatable bonds is 2. The van der Waals surface area contributed by atoms with Gasteiger partial charge >= 0.3 is 0 Å². The van der Waals surface area contributed by atoms with Gasteiger partial charge in [0.15, 0.2) is 0 Å². The molecule has 110 valence electrons. The van der Waals surface area contributed by atoms with E-state index >= 15 is 0 Å². The highest BCUT2D eigenvalue weighted by atomic mass is 14.7. The number of aryl methyl sites for hydroxylation is 3. The molecule has 0 aliphatic heterocycles. The largest absolute Gasteiger partial charge is 0.321 e. The first-order chi connectivity index (χ1) is 10.1.